The van der Waals surface area contributed by atoms with Crippen molar-refractivity contribution >= 4 is 11.9 Å². The molecular formula is C25H46O6. The Morgan fingerprint density at radius 3 is 1.55 bits per heavy atom. The summed E-state index contributed by atoms with van der Waals surface area (Å²) in [5.41, 5.74) is 0. The SMILES string of the molecule is O=C(O)CCCCCCCC=CCCCCCCCCCCCC(=O)OCC(O)CO. The van der Waals surface area contributed by atoms with Crippen LogP contribution in [0.25, 0.3) is 0 Å². The van der Waals surface area contributed by atoms with Crippen LogP contribution in [-0.2, 0) is 14.3 Å². The Hall–Kier alpha value is -1.40. The highest BCUT2D eigenvalue weighted by atomic mass is 16.5. The molecule has 31 heavy (non-hydrogen) atoms. The van der Waals surface area contributed by atoms with Gasteiger partial charge in [-0.3, -0.25) is 9.59 Å². The molecule has 0 saturated carbocycles. The van der Waals surface area contributed by atoms with Crippen LogP contribution in [0.5, 0.6) is 0 Å². The van der Waals surface area contributed by atoms with Gasteiger partial charge in [-0.2, -0.15) is 0 Å². The van der Waals surface area contributed by atoms with Crippen LogP contribution in [-0.4, -0.2) is 46.6 Å². The third-order valence-electron chi connectivity index (χ3n) is 5.33. The second-order valence-corrected chi connectivity index (χ2v) is 8.41. The summed E-state index contributed by atoms with van der Waals surface area (Å²) in [5.74, 6) is -0.983. The summed E-state index contributed by atoms with van der Waals surface area (Å²) in [4.78, 5) is 21.8. The van der Waals surface area contributed by atoms with Crippen molar-refractivity contribution in [2.24, 2.45) is 0 Å². The first-order chi connectivity index (χ1) is 15.1. The highest BCUT2D eigenvalue weighted by Crippen LogP contribution is 2.12. The number of hydrogen-bond acceptors (Lipinski definition) is 5. The van der Waals surface area contributed by atoms with Crippen molar-refractivity contribution in [2.75, 3.05) is 13.2 Å². The van der Waals surface area contributed by atoms with Gasteiger partial charge in [0.25, 0.3) is 0 Å². The Balaban J connectivity index is 3.20. The summed E-state index contributed by atoms with van der Waals surface area (Å²) in [6, 6.07) is 0. The monoisotopic (exact) mass is 442 g/mol. The molecule has 0 bridgehead atoms. The molecule has 0 aromatic heterocycles. The van der Waals surface area contributed by atoms with E-state index >= 15 is 0 Å². The smallest absolute Gasteiger partial charge is 0.305 e. The number of carbonyl (C=O) groups is 2. The molecule has 1 unspecified atom stereocenters. The van der Waals surface area contributed by atoms with Crippen molar-refractivity contribution in [1.29, 1.82) is 0 Å². The number of aliphatic hydroxyl groups excluding tert-OH is 2. The summed E-state index contributed by atoms with van der Waals surface area (Å²) < 4.78 is 4.87. The van der Waals surface area contributed by atoms with Gasteiger partial charge >= 0.3 is 11.9 Å². The van der Waals surface area contributed by atoms with Crippen LogP contribution in [0.2, 0.25) is 0 Å². The zero-order chi connectivity index (χ0) is 23.0. The zero-order valence-electron chi connectivity index (χ0n) is 19.4. The molecule has 3 N–H and O–H groups in total. The summed E-state index contributed by atoms with van der Waals surface area (Å²) in [6.07, 6.45) is 22.6. The Bertz CT molecular complexity index is 449. The molecule has 0 spiro atoms. The zero-order valence-corrected chi connectivity index (χ0v) is 19.4. The average Bonchev–Trinajstić information content (AvgIpc) is 2.75. The van der Waals surface area contributed by atoms with Gasteiger partial charge in [0.15, 0.2) is 0 Å². The Morgan fingerprint density at radius 2 is 1.10 bits per heavy atom. The lowest BCUT2D eigenvalue weighted by molar-refractivity contribution is -0.147. The highest BCUT2D eigenvalue weighted by Gasteiger charge is 2.07. The molecule has 0 aliphatic heterocycles. The molecule has 0 aliphatic carbocycles. The highest BCUT2D eigenvalue weighted by molar-refractivity contribution is 5.69. The number of aliphatic carboxylic acids is 1. The number of unbranched alkanes of at least 4 members (excludes halogenated alkanes) is 14. The topological polar surface area (TPSA) is 104 Å². The maximum absolute atomic E-state index is 11.4. The fourth-order valence-corrected chi connectivity index (χ4v) is 3.39. The molecule has 0 heterocycles. The maximum Gasteiger partial charge on any atom is 0.305 e. The van der Waals surface area contributed by atoms with Crippen molar-refractivity contribution < 1.29 is 29.6 Å². The fourth-order valence-electron chi connectivity index (χ4n) is 3.39. The molecule has 0 radical (unpaired) electrons. The van der Waals surface area contributed by atoms with Crippen molar-refractivity contribution in [1.82, 2.24) is 0 Å². The minimum atomic E-state index is -0.973. The van der Waals surface area contributed by atoms with E-state index in [2.05, 4.69) is 12.2 Å². The molecule has 0 fully saturated rings. The van der Waals surface area contributed by atoms with Crippen LogP contribution in [0.15, 0.2) is 12.2 Å². The van der Waals surface area contributed by atoms with Gasteiger partial charge in [0.05, 0.1) is 6.61 Å². The number of hydrogen-bond donors (Lipinski definition) is 3. The van der Waals surface area contributed by atoms with Crippen LogP contribution >= 0.6 is 0 Å². The first-order valence-electron chi connectivity index (χ1n) is 12.4. The van der Waals surface area contributed by atoms with E-state index in [0.717, 1.165) is 44.9 Å². The van der Waals surface area contributed by atoms with E-state index in [1.165, 1.54) is 57.8 Å². The van der Waals surface area contributed by atoms with Crippen LogP contribution in [0.1, 0.15) is 116 Å². The quantitative estimate of drug-likeness (QED) is 0.109. The number of esters is 1. The first kappa shape index (κ1) is 29.6. The van der Waals surface area contributed by atoms with Gasteiger partial charge in [-0.1, -0.05) is 76.4 Å². The van der Waals surface area contributed by atoms with Crippen LogP contribution in [0.4, 0.5) is 0 Å². The second kappa shape index (κ2) is 23.3. The van der Waals surface area contributed by atoms with Gasteiger partial charge in [0.1, 0.15) is 12.7 Å². The number of allylic oxidation sites excluding steroid dienone is 2. The number of rotatable bonds is 23. The standard InChI is InChI=1S/C25H46O6/c26-21-23(27)22-31-25(30)20-18-16-14-12-10-8-6-4-2-1-3-5-7-9-11-13-15-17-19-24(28)29/h3,5,23,26-27H,1-2,4,6-22H2,(H,28,29). The Kier molecular flexibility index (Phi) is 22.2. The third kappa shape index (κ3) is 24.7. The number of aliphatic hydroxyl groups is 2. The molecule has 0 amide bonds. The molecule has 0 aliphatic rings. The van der Waals surface area contributed by atoms with Gasteiger partial charge in [-0.25, -0.2) is 0 Å². The lowest BCUT2D eigenvalue weighted by atomic mass is 10.1. The predicted octanol–water partition coefficient (Wildman–Crippen LogP) is 5.55. The van der Waals surface area contributed by atoms with Crippen molar-refractivity contribution in [2.45, 2.75) is 122 Å². The Morgan fingerprint density at radius 1 is 0.677 bits per heavy atom. The van der Waals surface area contributed by atoms with Crippen molar-refractivity contribution in [3.63, 3.8) is 0 Å². The predicted molar refractivity (Wildman–Crippen MR) is 124 cm³/mol. The lowest BCUT2D eigenvalue weighted by Gasteiger charge is -2.08. The van der Waals surface area contributed by atoms with Gasteiger partial charge in [0, 0.05) is 12.8 Å². The largest absolute Gasteiger partial charge is 0.481 e. The number of ether oxygens (including phenoxy) is 1. The minimum absolute atomic E-state index is 0.122. The van der Waals surface area contributed by atoms with Crippen LogP contribution in [0.3, 0.4) is 0 Å². The first-order valence-corrected chi connectivity index (χ1v) is 12.4. The maximum atomic E-state index is 11.4. The van der Waals surface area contributed by atoms with Gasteiger partial charge in [-0.15, -0.1) is 0 Å². The molecule has 0 aromatic carbocycles. The summed E-state index contributed by atoms with van der Waals surface area (Å²) in [7, 11) is 0. The summed E-state index contributed by atoms with van der Waals surface area (Å²) in [5, 5.41) is 26.3. The number of carboxylic acids is 1. The molecule has 0 aromatic rings. The summed E-state index contributed by atoms with van der Waals surface area (Å²) in [6.45, 7) is -0.507. The molecule has 0 rings (SSSR count). The number of carboxylic acid groups (broad SMARTS) is 1. The second-order valence-electron chi connectivity index (χ2n) is 8.41. The van der Waals surface area contributed by atoms with E-state index in [1.54, 1.807) is 0 Å². The van der Waals surface area contributed by atoms with Crippen LogP contribution < -0.4 is 0 Å². The molecule has 0 saturated heterocycles. The van der Waals surface area contributed by atoms with E-state index in [0.29, 0.717) is 12.8 Å². The van der Waals surface area contributed by atoms with Gasteiger partial charge in [-0.05, 0) is 38.5 Å². The third-order valence-corrected chi connectivity index (χ3v) is 5.33. The van der Waals surface area contributed by atoms with Crippen molar-refractivity contribution in [3.05, 3.63) is 12.2 Å². The minimum Gasteiger partial charge on any atom is -0.481 e. The van der Waals surface area contributed by atoms with Crippen molar-refractivity contribution in [3.8, 4) is 0 Å². The van der Waals surface area contributed by atoms with E-state index in [1.807, 2.05) is 0 Å². The molecule has 1 atom stereocenters. The van der Waals surface area contributed by atoms with E-state index in [9.17, 15) is 9.59 Å². The van der Waals surface area contributed by atoms with E-state index < -0.39 is 12.1 Å². The van der Waals surface area contributed by atoms with Crippen LogP contribution in [0, 0.1) is 0 Å². The molecule has 182 valence electrons. The molecule has 6 heteroatoms. The van der Waals surface area contributed by atoms with E-state index in [4.69, 9.17) is 20.1 Å². The van der Waals surface area contributed by atoms with E-state index in [-0.39, 0.29) is 19.2 Å². The summed E-state index contributed by atoms with van der Waals surface area (Å²) >= 11 is 0. The normalized spacial score (nSPS) is 12.3. The van der Waals surface area contributed by atoms with Gasteiger partial charge in [0.2, 0.25) is 0 Å². The average molecular weight is 443 g/mol. The number of carbonyl (C=O) groups excluding carboxylic acids is 1. The molecule has 6 nitrogen and oxygen atoms in total. The Labute approximate surface area is 189 Å². The van der Waals surface area contributed by atoms with Gasteiger partial charge < -0.3 is 20.1 Å². The lowest BCUT2D eigenvalue weighted by Crippen LogP contribution is -2.21. The fraction of sp³-hybridized carbons (Fsp3) is 0.840. The molecular weight excluding hydrogens is 396 g/mol.